The number of carbonyl (C=O) groups excluding carboxylic acids is 1. The summed E-state index contributed by atoms with van der Waals surface area (Å²) in [5, 5.41) is 2.65. The summed E-state index contributed by atoms with van der Waals surface area (Å²) < 4.78 is 2.55. The Bertz CT molecular complexity index is 877. The molecule has 0 spiro atoms. The molecule has 4 aromatic rings. The molecule has 0 radical (unpaired) electrons. The number of carbonyl (C=O) groups is 1. The lowest BCUT2D eigenvalue weighted by molar-refractivity contribution is -0.115. The first-order valence-electron chi connectivity index (χ1n) is 7.57. The molecule has 2 aromatic carbocycles. The minimum atomic E-state index is -0.271. The summed E-state index contributed by atoms with van der Waals surface area (Å²) in [7, 11) is 0. The van der Waals surface area contributed by atoms with Crippen LogP contribution in [-0.2, 0) is 4.79 Å². The van der Waals surface area contributed by atoms with Crippen molar-refractivity contribution < 1.29 is 4.79 Å². The summed E-state index contributed by atoms with van der Waals surface area (Å²) in [6.45, 7) is 0. The average molecular weight is 370 g/mol. The van der Waals surface area contributed by atoms with Crippen molar-refractivity contribution in [2.75, 3.05) is 5.75 Å². The van der Waals surface area contributed by atoms with E-state index in [2.05, 4.69) is 60.7 Å². The zero-order chi connectivity index (χ0) is 16.5. The molecule has 2 N–H and O–H groups in total. The smallest absolute Gasteiger partial charge is 0.227 e. The van der Waals surface area contributed by atoms with Crippen molar-refractivity contribution >= 4 is 60.5 Å². The molecule has 0 aliphatic heterocycles. The summed E-state index contributed by atoms with van der Waals surface area (Å²) in [4.78, 5) is 13.9. The van der Waals surface area contributed by atoms with E-state index >= 15 is 0 Å². The van der Waals surface area contributed by atoms with Gasteiger partial charge in [-0.05, 0) is 35.0 Å². The minimum absolute atomic E-state index is 0.146. The van der Waals surface area contributed by atoms with Crippen LogP contribution in [0.3, 0.4) is 0 Å². The molecule has 0 saturated carbocycles. The molecule has 2 aromatic heterocycles. The van der Waals surface area contributed by atoms with Crippen LogP contribution in [0.2, 0.25) is 0 Å². The zero-order valence-corrected chi connectivity index (χ0v) is 15.2. The molecule has 24 heavy (non-hydrogen) atoms. The molecule has 0 aliphatic carbocycles. The van der Waals surface area contributed by atoms with Crippen molar-refractivity contribution in [2.24, 2.45) is 5.73 Å². The lowest BCUT2D eigenvalue weighted by Crippen LogP contribution is -2.14. The van der Waals surface area contributed by atoms with Crippen LogP contribution in [0.5, 0.6) is 0 Å². The highest BCUT2D eigenvalue weighted by atomic mass is 32.2. The molecular formula is C19H15NOS3. The summed E-state index contributed by atoms with van der Waals surface area (Å²) in [6, 6.07) is 21.3. The number of primary amides is 1. The first-order valence-corrected chi connectivity index (χ1v) is 10.3. The van der Waals surface area contributed by atoms with Crippen molar-refractivity contribution in [3.8, 4) is 0 Å². The van der Waals surface area contributed by atoms with E-state index in [4.69, 9.17) is 5.73 Å². The normalized spacial score (nSPS) is 11.5. The van der Waals surface area contributed by atoms with Gasteiger partial charge in [0.2, 0.25) is 5.91 Å². The number of rotatable bonds is 5. The quantitative estimate of drug-likeness (QED) is 0.510. The number of fused-ring (bicyclic) bond motifs is 2. The molecule has 0 unspecified atom stereocenters. The highest BCUT2D eigenvalue weighted by molar-refractivity contribution is 8.00. The maximum atomic E-state index is 11.3. The standard InChI is InChI=1S/C19H15NOS3/c20-18(21)11-22-19(16-9-12-5-1-3-7-14(12)23-16)17-10-13-6-2-4-8-15(13)24-17/h1-10,19H,11H2,(H2,20,21). The van der Waals surface area contributed by atoms with Crippen LogP contribution in [0, 0.1) is 0 Å². The first-order chi connectivity index (χ1) is 11.7. The third kappa shape index (κ3) is 3.07. The molecule has 2 heterocycles. The lowest BCUT2D eigenvalue weighted by Gasteiger charge is -2.12. The van der Waals surface area contributed by atoms with Crippen molar-refractivity contribution in [1.29, 1.82) is 0 Å². The van der Waals surface area contributed by atoms with Gasteiger partial charge >= 0.3 is 0 Å². The molecule has 0 atom stereocenters. The van der Waals surface area contributed by atoms with Gasteiger partial charge in [0.1, 0.15) is 0 Å². The largest absolute Gasteiger partial charge is 0.369 e. The van der Waals surface area contributed by atoms with Gasteiger partial charge in [-0.15, -0.1) is 34.4 Å². The third-order valence-corrected chi connectivity index (χ3v) is 7.75. The van der Waals surface area contributed by atoms with Crippen molar-refractivity contribution in [2.45, 2.75) is 5.25 Å². The highest BCUT2D eigenvalue weighted by Gasteiger charge is 2.20. The van der Waals surface area contributed by atoms with Gasteiger partial charge in [0.15, 0.2) is 0 Å². The Morgan fingerprint density at radius 2 is 1.42 bits per heavy atom. The van der Waals surface area contributed by atoms with E-state index in [1.807, 2.05) is 0 Å². The van der Waals surface area contributed by atoms with E-state index in [0.717, 1.165) is 0 Å². The fourth-order valence-electron chi connectivity index (χ4n) is 2.73. The Morgan fingerprint density at radius 1 is 0.917 bits per heavy atom. The second-order valence-corrected chi connectivity index (χ2v) is 8.85. The monoisotopic (exact) mass is 369 g/mol. The second kappa shape index (κ2) is 6.59. The van der Waals surface area contributed by atoms with Crippen molar-refractivity contribution in [3.63, 3.8) is 0 Å². The topological polar surface area (TPSA) is 43.1 Å². The van der Waals surface area contributed by atoms with E-state index in [1.165, 1.54) is 29.9 Å². The fraction of sp³-hybridized carbons (Fsp3) is 0.105. The average Bonchev–Trinajstić information content (AvgIpc) is 3.18. The maximum absolute atomic E-state index is 11.3. The Kier molecular flexibility index (Phi) is 4.31. The van der Waals surface area contributed by atoms with Crippen LogP contribution in [0.4, 0.5) is 0 Å². The number of amides is 1. The Balaban J connectivity index is 1.79. The summed E-state index contributed by atoms with van der Waals surface area (Å²) >= 11 is 5.20. The van der Waals surface area contributed by atoms with Crippen LogP contribution in [0.25, 0.3) is 20.2 Å². The number of thioether (sulfide) groups is 1. The first kappa shape index (κ1) is 15.7. The van der Waals surface area contributed by atoms with Crippen LogP contribution < -0.4 is 5.73 Å². The van der Waals surface area contributed by atoms with Crippen LogP contribution in [-0.4, -0.2) is 11.7 Å². The summed E-state index contributed by atoms with van der Waals surface area (Å²) in [6.07, 6.45) is 0. The molecule has 0 aliphatic rings. The van der Waals surface area contributed by atoms with Gasteiger partial charge in [0, 0.05) is 19.2 Å². The summed E-state index contributed by atoms with van der Waals surface area (Å²) in [5.74, 6) is 0.0555. The SMILES string of the molecule is NC(=O)CSC(c1cc2ccccc2s1)c1cc2ccccc2s1. The van der Waals surface area contributed by atoms with Crippen molar-refractivity contribution in [3.05, 3.63) is 70.4 Å². The molecule has 0 saturated heterocycles. The van der Waals surface area contributed by atoms with E-state index in [9.17, 15) is 4.79 Å². The number of hydrogen-bond acceptors (Lipinski definition) is 4. The number of hydrogen-bond donors (Lipinski definition) is 1. The Labute approximate surface area is 152 Å². The molecule has 120 valence electrons. The third-order valence-electron chi connectivity index (χ3n) is 3.80. The minimum Gasteiger partial charge on any atom is -0.369 e. The lowest BCUT2D eigenvalue weighted by atomic mass is 10.2. The number of nitrogens with two attached hydrogens (primary N) is 1. The van der Waals surface area contributed by atoms with Gasteiger partial charge in [-0.25, -0.2) is 0 Å². The maximum Gasteiger partial charge on any atom is 0.227 e. The fourth-order valence-corrected chi connectivity index (χ4v) is 6.43. The molecule has 4 rings (SSSR count). The molecule has 5 heteroatoms. The van der Waals surface area contributed by atoms with Gasteiger partial charge < -0.3 is 5.73 Å². The molecule has 0 fully saturated rings. The van der Waals surface area contributed by atoms with Gasteiger partial charge in [-0.1, -0.05) is 36.4 Å². The van der Waals surface area contributed by atoms with Crippen LogP contribution >= 0.6 is 34.4 Å². The number of thiophene rings is 2. The van der Waals surface area contributed by atoms with Crippen molar-refractivity contribution in [1.82, 2.24) is 0 Å². The van der Waals surface area contributed by atoms with Crippen LogP contribution in [0.1, 0.15) is 15.0 Å². The van der Waals surface area contributed by atoms with Gasteiger partial charge in [-0.3, -0.25) is 4.79 Å². The highest BCUT2D eigenvalue weighted by Crippen LogP contribution is 2.45. The molecule has 1 amide bonds. The molecule has 2 nitrogen and oxygen atoms in total. The van der Waals surface area contributed by atoms with E-state index in [0.29, 0.717) is 5.75 Å². The van der Waals surface area contributed by atoms with E-state index in [-0.39, 0.29) is 11.2 Å². The molecule has 0 bridgehead atoms. The molecular weight excluding hydrogens is 354 g/mol. The van der Waals surface area contributed by atoms with E-state index in [1.54, 1.807) is 34.4 Å². The zero-order valence-electron chi connectivity index (χ0n) is 12.8. The second-order valence-electron chi connectivity index (χ2n) is 5.53. The van der Waals surface area contributed by atoms with Gasteiger partial charge in [0.25, 0.3) is 0 Å². The van der Waals surface area contributed by atoms with Gasteiger partial charge in [-0.2, -0.15) is 0 Å². The number of benzene rings is 2. The Hall–Kier alpha value is -1.82. The van der Waals surface area contributed by atoms with E-state index < -0.39 is 0 Å². The predicted molar refractivity (Wildman–Crippen MR) is 107 cm³/mol. The van der Waals surface area contributed by atoms with Gasteiger partial charge in [0.05, 0.1) is 11.0 Å². The summed E-state index contributed by atoms with van der Waals surface area (Å²) in [5.41, 5.74) is 5.39. The predicted octanol–water partition coefficient (Wildman–Crippen LogP) is 5.42. The Morgan fingerprint density at radius 3 is 1.88 bits per heavy atom. The van der Waals surface area contributed by atoms with Crippen LogP contribution in [0.15, 0.2) is 60.7 Å².